The van der Waals surface area contributed by atoms with Crippen LogP contribution < -0.4 is 9.62 Å². The van der Waals surface area contributed by atoms with Gasteiger partial charge in [0.05, 0.1) is 10.6 Å². The van der Waals surface area contributed by atoms with E-state index >= 15 is 0 Å². The first-order valence-corrected chi connectivity index (χ1v) is 16.4. The van der Waals surface area contributed by atoms with E-state index in [4.69, 9.17) is 0 Å². The van der Waals surface area contributed by atoms with Gasteiger partial charge in [0, 0.05) is 19.5 Å². The van der Waals surface area contributed by atoms with Crippen LogP contribution in [0.25, 0.3) is 0 Å². The highest BCUT2D eigenvalue weighted by Gasteiger charge is 2.35. The van der Waals surface area contributed by atoms with Crippen LogP contribution in [-0.2, 0) is 32.6 Å². The Kier molecular flexibility index (Phi) is 11.1. The molecule has 1 N–H and O–H groups in total. The van der Waals surface area contributed by atoms with E-state index in [1.807, 2.05) is 63.2 Å². The molecule has 236 valence electrons. The fraction of sp³-hybridized carbons (Fsp3) is 0.278. The Balaban J connectivity index is 1.82. The fourth-order valence-corrected chi connectivity index (χ4v) is 6.48. The van der Waals surface area contributed by atoms with Gasteiger partial charge in [0.25, 0.3) is 10.0 Å². The summed E-state index contributed by atoms with van der Waals surface area (Å²) >= 11 is 0. The maximum absolute atomic E-state index is 14.5. The van der Waals surface area contributed by atoms with Gasteiger partial charge in [0.2, 0.25) is 11.8 Å². The molecule has 4 rings (SSSR count). The summed E-state index contributed by atoms with van der Waals surface area (Å²) in [7, 11) is -4.19. The lowest BCUT2D eigenvalue weighted by Crippen LogP contribution is -2.53. The van der Waals surface area contributed by atoms with Crippen molar-refractivity contribution < 1.29 is 22.4 Å². The predicted molar refractivity (Wildman–Crippen MR) is 176 cm³/mol. The Morgan fingerprint density at radius 1 is 0.822 bits per heavy atom. The zero-order valence-corrected chi connectivity index (χ0v) is 26.9. The van der Waals surface area contributed by atoms with E-state index in [2.05, 4.69) is 5.32 Å². The Hall–Kier alpha value is -4.50. The maximum Gasteiger partial charge on any atom is 0.264 e. The SMILES string of the molecule is Cc1ccc(C)c(N(CC(=O)N(Cc2ccc(F)cc2)[C@@H](Cc2ccccc2)C(=O)NCC(C)C)S(=O)(=O)c2ccccc2)c1. The lowest BCUT2D eigenvalue weighted by Gasteiger charge is -2.34. The van der Waals surface area contributed by atoms with E-state index in [1.54, 1.807) is 43.3 Å². The standard InChI is InChI=1S/C36H40FN3O4S/c1-26(2)23-38-36(42)34(22-29-11-7-5-8-12-29)39(24-30-17-19-31(37)20-18-30)35(41)25-40(33-21-27(3)15-16-28(33)4)45(43,44)32-13-9-6-10-14-32/h5-21,26,34H,22-25H2,1-4H3,(H,38,42)/t34-/m0/s1. The zero-order valence-electron chi connectivity index (χ0n) is 26.1. The number of aryl methyl sites for hydroxylation is 2. The number of benzene rings is 4. The van der Waals surface area contributed by atoms with Crippen molar-refractivity contribution in [2.45, 2.75) is 51.6 Å². The highest BCUT2D eigenvalue weighted by Crippen LogP contribution is 2.29. The number of carbonyl (C=O) groups is 2. The molecule has 0 aliphatic rings. The van der Waals surface area contributed by atoms with Gasteiger partial charge in [-0.1, -0.05) is 86.6 Å². The molecule has 0 aliphatic carbocycles. The fourth-order valence-electron chi connectivity index (χ4n) is 4.98. The minimum absolute atomic E-state index is 0.0300. The largest absolute Gasteiger partial charge is 0.354 e. The molecule has 0 spiro atoms. The summed E-state index contributed by atoms with van der Waals surface area (Å²) in [6.07, 6.45) is 0.201. The molecule has 45 heavy (non-hydrogen) atoms. The molecule has 0 heterocycles. The lowest BCUT2D eigenvalue weighted by atomic mass is 10.0. The number of sulfonamides is 1. The highest BCUT2D eigenvalue weighted by molar-refractivity contribution is 7.92. The third kappa shape index (κ3) is 8.79. The molecule has 0 bridgehead atoms. The molecular weight excluding hydrogens is 589 g/mol. The summed E-state index contributed by atoms with van der Waals surface area (Å²) in [4.78, 5) is 29.8. The van der Waals surface area contributed by atoms with E-state index in [-0.39, 0.29) is 29.7 Å². The van der Waals surface area contributed by atoms with Crippen LogP contribution in [0.3, 0.4) is 0 Å². The second kappa shape index (κ2) is 15.0. The molecule has 0 fully saturated rings. The normalized spacial score (nSPS) is 12.0. The van der Waals surface area contributed by atoms with Crippen LogP contribution >= 0.6 is 0 Å². The number of nitrogens with one attached hydrogen (secondary N) is 1. The summed E-state index contributed by atoms with van der Waals surface area (Å²) in [6, 6.07) is 27.5. The number of amides is 2. The van der Waals surface area contributed by atoms with Gasteiger partial charge in [-0.15, -0.1) is 0 Å². The van der Waals surface area contributed by atoms with Gasteiger partial charge in [0.15, 0.2) is 0 Å². The van der Waals surface area contributed by atoms with Crippen molar-refractivity contribution in [2.24, 2.45) is 5.92 Å². The lowest BCUT2D eigenvalue weighted by molar-refractivity contribution is -0.140. The van der Waals surface area contributed by atoms with Crippen LogP contribution in [0.2, 0.25) is 0 Å². The smallest absolute Gasteiger partial charge is 0.264 e. The molecule has 9 heteroatoms. The Bertz CT molecular complexity index is 1700. The molecule has 0 aromatic heterocycles. The summed E-state index contributed by atoms with van der Waals surface area (Å²) in [5, 5.41) is 2.97. The van der Waals surface area contributed by atoms with Gasteiger partial charge in [-0.2, -0.15) is 0 Å². The van der Waals surface area contributed by atoms with E-state index in [0.29, 0.717) is 23.4 Å². The van der Waals surface area contributed by atoms with Crippen molar-refractivity contribution in [1.29, 1.82) is 0 Å². The van der Waals surface area contributed by atoms with Crippen LogP contribution in [-0.4, -0.2) is 44.3 Å². The quantitative estimate of drug-likeness (QED) is 0.195. The first kappa shape index (κ1) is 33.4. The third-order valence-corrected chi connectivity index (χ3v) is 9.24. The van der Waals surface area contributed by atoms with E-state index in [0.717, 1.165) is 15.4 Å². The number of halogens is 1. The van der Waals surface area contributed by atoms with Crippen LogP contribution in [0.15, 0.2) is 108 Å². The molecular formula is C36H40FN3O4S. The van der Waals surface area contributed by atoms with Crippen molar-refractivity contribution in [1.82, 2.24) is 10.2 Å². The van der Waals surface area contributed by atoms with Crippen LogP contribution in [0.5, 0.6) is 0 Å². The number of hydrogen-bond acceptors (Lipinski definition) is 4. The number of nitrogens with zero attached hydrogens (tertiary/aromatic N) is 2. The predicted octanol–water partition coefficient (Wildman–Crippen LogP) is 6.05. The number of anilines is 1. The van der Waals surface area contributed by atoms with Gasteiger partial charge in [-0.25, -0.2) is 12.8 Å². The number of hydrogen-bond donors (Lipinski definition) is 1. The third-order valence-electron chi connectivity index (χ3n) is 7.47. The minimum Gasteiger partial charge on any atom is -0.354 e. The van der Waals surface area contributed by atoms with Crippen LogP contribution in [0, 0.1) is 25.6 Å². The van der Waals surface area contributed by atoms with Gasteiger partial charge in [-0.05, 0) is 72.4 Å². The van der Waals surface area contributed by atoms with Gasteiger partial charge >= 0.3 is 0 Å². The number of rotatable bonds is 13. The van der Waals surface area contributed by atoms with Crippen molar-refractivity contribution in [3.8, 4) is 0 Å². The van der Waals surface area contributed by atoms with Gasteiger partial charge < -0.3 is 10.2 Å². The minimum atomic E-state index is -4.19. The average Bonchev–Trinajstić information content (AvgIpc) is 3.03. The summed E-state index contributed by atoms with van der Waals surface area (Å²) in [6.45, 7) is 7.42. The van der Waals surface area contributed by atoms with Crippen molar-refractivity contribution in [3.63, 3.8) is 0 Å². The second-order valence-corrected chi connectivity index (χ2v) is 13.5. The summed E-state index contributed by atoms with van der Waals surface area (Å²) in [5.74, 6) is -1.18. The topological polar surface area (TPSA) is 86.8 Å². The van der Waals surface area contributed by atoms with Crippen LogP contribution in [0.1, 0.15) is 36.1 Å². The first-order chi connectivity index (χ1) is 21.5. The molecule has 0 radical (unpaired) electrons. The summed E-state index contributed by atoms with van der Waals surface area (Å²) in [5.41, 5.74) is 3.31. The Labute approximate surface area is 265 Å². The van der Waals surface area contributed by atoms with Crippen LogP contribution in [0.4, 0.5) is 10.1 Å². The number of carbonyl (C=O) groups excluding carboxylic acids is 2. The van der Waals surface area contributed by atoms with Crippen molar-refractivity contribution in [2.75, 3.05) is 17.4 Å². The monoisotopic (exact) mass is 629 g/mol. The molecule has 0 saturated heterocycles. The summed E-state index contributed by atoms with van der Waals surface area (Å²) < 4.78 is 43.3. The van der Waals surface area contributed by atoms with E-state index < -0.39 is 34.3 Å². The highest BCUT2D eigenvalue weighted by atomic mass is 32.2. The zero-order chi connectivity index (χ0) is 32.6. The van der Waals surface area contributed by atoms with E-state index in [1.165, 1.54) is 29.2 Å². The van der Waals surface area contributed by atoms with E-state index in [9.17, 15) is 22.4 Å². The Morgan fingerprint density at radius 3 is 2.07 bits per heavy atom. The molecule has 2 amide bonds. The average molecular weight is 630 g/mol. The molecule has 1 atom stereocenters. The molecule has 4 aromatic carbocycles. The van der Waals surface area contributed by atoms with Gasteiger partial charge in [-0.3, -0.25) is 13.9 Å². The molecule has 7 nitrogen and oxygen atoms in total. The van der Waals surface area contributed by atoms with Crippen molar-refractivity contribution in [3.05, 3.63) is 131 Å². The Morgan fingerprint density at radius 2 is 1.44 bits per heavy atom. The maximum atomic E-state index is 14.5. The van der Waals surface area contributed by atoms with Gasteiger partial charge in [0.1, 0.15) is 18.4 Å². The molecule has 0 aliphatic heterocycles. The molecule has 0 saturated carbocycles. The molecule has 4 aromatic rings. The first-order valence-electron chi connectivity index (χ1n) is 15.0. The van der Waals surface area contributed by atoms with Crippen molar-refractivity contribution >= 4 is 27.5 Å². The molecule has 0 unspecified atom stereocenters. The second-order valence-electron chi connectivity index (χ2n) is 11.6.